The first-order valence-electron chi connectivity index (χ1n) is 13.9. The van der Waals surface area contributed by atoms with Gasteiger partial charge < -0.3 is 14.4 Å². The maximum atomic E-state index is 14.8. The normalized spacial score (nSPS) is 15.3. The van der Waals surface area contributed by atoms with Crippen molar-refractivity contribution in [2.45, 2.75) is 57.1 Å². The van der Waals surface area contributed by atoms with Crippen LogP contribution in [0, 0.1) is 11.7 Å². The van der Waals surface area contributed by atoms with Crippen molar-refractivity contribution in [3.05, 3.63) is 87.7 Å². The number of nitrogens with zero attached hydrogens (tertiary/aromatic N) is 1. The highest BCUT2D eigenvalue weighted by Gasteiger charge is 2.24. The summed E-state index contributed by atoms with van der Waals surface area (Å²) in [6, 6.07) is 13.6. The third-order valence-corrected chi connectivity index (χ3v) is 9.43. The molecule has 2 aliphatic rings. The Kier molecular flexibility index (Phi) is 9.03. The molecule has 8 nitrogen and oxygen atoms in total. The Morgan fingerprint density at radius 2 is 1.81 bits per heavy atom. The predicted molar refractivity (Wildman–Crippen MR) is 156 cm³/mol. The average molecular weight is 615 g/mol. The van der Waals surface area contributed by atoms with Crippen LogP contribution in [0.3, 0.4) is 0 Å². The van der Waals surface area contributed by atoms with Crippen molar-refractivity contribution in [2.24, 2.45) is 5.92 Å². The largest absolute Gasteiger partial charge is 0.492 e. The quantitative estimate of drug-likeness (QED) is 0.334. The number of fused-ring (bicyclic) bond motifs is 1. The molecule has 1 fully saturated rings. The lowest BCUT2D eigenvalue weighted by molar-refractivity contribution is -0.129. The summed E-state index contributed by atoms with van der Waals surface area (Å²) in [5, 5.41) is 0.0205. The minimum absolute atomic E-state index is 0.0201. The SMILES string of the molecule is CC(=O)N1CCc2cccc(COc3ccc(S(=O)(=O)NC(=O)c4cc(Cl)c(OCC5CCCC5)cc4F)cc3)c2C1. The second kappa shape index (κ2) is 12.7. The van der Waals surface area contributed by atoms with E-state index in [2.05, 4.69) is 0 Å². The van der Waals surface area contributed by atoms with E-state index < -0.39 is 27.3 Å². The maximum Gasteiger partial charge on any atom is 0.268 e. The van der Waals surface area contributed by atoms with E-state index in [0.29, 0.717) is 31.4 Å². The molecule has 2 amide bonds. The Hall–Kier alpha value is -3.63. The fraction of sp³-hybridized carbons (Fsp3) is 0.355. The van der Waals surface area contributed by atoms with Crippen LogP contribution in [-0.4, -0.2) is 38.3 Å². The zero-order valence-electron chi connectivity index (χ0n) is 23.2. The number of ether oxygens (including phenoxy) is 2. The van der Waals surface area contributed by atoms with Crippen LogP contribution in [0.1, 0.15) is 59.7 Å². The van der Waals surface area contributed by atoms with Gasteiger partial charge in [0, 0.05) is 26.1 Å². The van der Waals surface area contributed by atoms with E-state index in [4.69, 9.17) is 21.1 Å². The summed E-state index contributed by atoms with van der Waals surface area (Å²) in [7, 11) is -4.31. The van der Waals surface area contributed by atoms with Gasteiger partial charge in [0.25, 0.3) is 15.9 Å². The molecule has 0 radical (unpaired) electrons. The van der Waals surface area contributed by atoms with Crippen molar-refractivity contribution >= 4 is 33.4 Å². The monoisotopic (exact) mass is 614 g/mol. The van der Waals surface area contributed by atoms with Crippen LogP contribution in [0.4, 0.5) is 4.39 Å². The minimum atomic E-state index is -4.31. The highest BCUT2D eigenvalue weighted by atomic mass is 35.5. The average Bonchev–Trinajstić information content (AvgIpc) is 3.49. The third kappa shape index (κ3) is 6.87. The van der Waals surface area contributed by atoms with Gasteiger partial charge in [0.2, 0.25) is 5.91 Å². The Morgan fingerprint density at radius 1 is 1.07 bits per heavy atom. The third-order valence-electron chi connectivity index (χ3n) is 7.79. The van der Waals surface area contributed by atoms with Crippen molar-refractivity contribution < 1.29 is 31.9 Å². The van der Waals surface area contributed by atoms with Gasteiger partial charge in [-0.2, -0.15) is 0 Å². The number of carbonyl (C=O) groups excluding carboxylic acids is 2. The van der Waals surface area contributed by atoms with E-state index in [0.717, 1.165) is 55.4 Å². The number of rotatable bonds is 9. The van der Waals surface area contributed by atoms with Crippen LogP contribution >= 0.6 is 11.6 Å². The Bertz CT molecular complexity index is 1590. The van der Waals surface area contributed by atoms with Crippen LogP contribution in [0.15, 0.2) is 59.5 Å². The van der Waals surface area contributed by atoms with Gasteiger partial charge in [-0.3, -0.25) is 9.59 Å². The van der Waals surface area contributed by atoms with Crippen LogP contribution in [0.25, 0.3) is 0 Å². The Morgan fingerprint density at radius 3 is 2.52 bits per heavy atom. The first-order valence-corrected chi connectivity index (χ1v) is 15.7. The molecule has 1 heterocycles. The summed E-state index contributed by atoms with van der Waals surface area (Å²) < 4.78 is 54.0. The van der Waals surface area contributed by atoms with E-state index in [-0.39, 0.29) is 28.2 Å². The fourth-order valence-electron chi connectivity index (χ4n) is 5.36. The molecule has 1 aliphatic carbocycles. The van der Waals surface area contributed by atoms with Crippen molar-refractivity contribution in [3.63, 3.8) is 0 Å². The van der Waals surface area contributed by atoms with Crippen molar-refractivity contribution in [1.82, 2.24) is 9.62 Å². The van der Waals surface area contributed by atoms with Crippen molar-refractivity contribution in [2.75, 3.05) is 13.2 Å². The zero-order chi connectivity index (χ0) is 29.9. The van der Waals surface area contributed by atoms with Gasteiger partial charge in [-0.25, -0.2) is 17.5 Å². The number of hydrogen-bond acceptors (Lipinski definition) is 6. The molecule has 0 bridgehead atoms. The molecule has 1 aliphatic heterocycles. The predicted octanol–water partition coefficient (Wildman–Crippen LogP) is 5.65. The standard InChI is InChI=1S/C31H32ClFN2O6S/c1-20(36)35-14-13-22-7-4-8-23(27(22)17-35)19-40-24-9-11-25(12-10-24)42(38,39)34-31(37)26-15-28(32)30(16-29(26)33)41-18-21-5-2-3-6-21/h4,7-12,15-16,21H,2-3,5-6,13-14,17-19H2,1H3,(H,34,37). The van der Waals surface area contributed by atoms with Gasteiger partial charge in [-0.15, -0.1) is 0 Å². The molecular weight excluding hydrogens is 583 g/mol. The van der Waals surface area contributed by atoms with E-state index >= 15 is 0 Å². The van der Waals surface area contributed by atoms with E-state index in [1.54, 1.807) is 11.8 Å². The maximum absolute atomic E-state index is 14.8. The van der Waals surface area contributed by atoms with E-state index in [9.17, 15) is 22.4 Å². The van der Waals surface area contributed by atoms with Crippen molar-refractivity contribution in [1.29, 1.82) is 0 Å². The summed E-state index contributed by atoms with van der Waals surface area (Å²) in [4.78, 5) is 26.2. The summed E-state index contributed by atoms with van der Waals surface area (Å²) in [5.74, 6) is -1.15. The second-order valence-electron chi connectivity index (χ2n) is 10.7. The summed E-state index contributed by atoms with van der Waals surface area (Å²) in [5.41, 5.74) is 2.67. The molecule has 0 aromatic heterocycles. The number of carbonyl (C=O) groups is 2. The Labute approximate surface area is 249 Å². The van der Waals surface area contributed by atoms with Gasteiger partial charge in [0.05, 0.1) is 22.1 Å². The first kappa shape index (κ1) is 29.8. The first-order chi connectivity index (χ1) is 20.1. The topological polar surface area (TPSA) is 102 Å². The molecule has 1 saturated carbocycles. The molecule has 0 spiro atoms. The van der Waals surface area contributed by atoms with Gasteiger partial charge >= 0.3 is 0 Å². The molecule has 0 saturated heterocycles. The fourth-order valence-corrected chi connectivity index (χ4v) is 6.55. The molecule has 0 unspecified atom stereocenters. The van der Waals surface area contributed by atoms with Gasteiger partial charge in [-0.05, 0) is 72.2 Å². The molecule has 11 heteroatoms. The van der Waals surface area contributed by atoms with Crippen LogP contribution in [-0.2, 0) is 34.4 Å². The summed E-state index contributed by atoms with van der Waals surface area (Å²) >= 11 is 6.22. The smallest absolute Gasteiger partial charge is 0.268 e. The highest BCUT2D eigenvalue weighted by molar-refractivity contribution is 7.90. The molecule has 42 heavy (non-hydrogen) atoms. The van der Waals surface area contributed by atoms with Gasteiger partial charge in [0.1, 0.15) is 23.9 Å². The number of amides is 2. The van der Waals surface area contributed by atoms with Gasteiger partial charge in [0.15, 0.2) is 0 Å². The van der Waals surface area contributed by atoms with Crippen LogP contribution in [0.5, 0.6) is 11.5 Å². The number of hydrogen-bond donors (Lipinski definition) is 1. The lowest BCUT2D eigenvalue weighted by Crippen LogP contribution is -2.34. The van der Waals surface area contributed by atoms with Crippen molar-refractivity contribution in [3.8, 4) is 11.5 Å². The second-order valence-corrected chi connectivity index (χ2v) is 12.8. The van der Waals surface area contributed by atoms with Crippen LogP contribution < -0.4 is 14.2 Å². The van der Waals surface area contributed by atoms with E-state index in [1.807, 2.05) is 22.9 Å². The number of halogens is 2. The number of nitrogens with one attached hydrogen (secondary N) is 1. The molecule has 3 aromatic rings. The molecule has 1 N–H and O–H groups in total. The number of sulfonamides is 1. The van der Waals surface area contributed by atoms with Gasteiger partial charge in [-0.1, -0.05) is 42.6 Å². The van der Waals surface area contributed by atoms with E-state index in [1.165, 1.54) is 29.8 Å². The molecule has 5 rings (SSSR count). The highest BCUT2D eigenvalue weighted by Crippen LogP contribution is 2.31. The number of benzene rings is 3. The lowest BCUT2D eigenvalue weighted by Gasteiger charge is -2.29. The molecule has 222 valence electrons. The lowest BCUT2D eigenvalue weighted by atomic mass is 9.95. The summed E-state index contributed by atoms with van der Waals surface area (Å²) in [6.07, 6.45) is 5.13. The zero-order valence-corrected chi connectivity index (χ0v) is 24.8. The van der Waals surface area contributed by atoms with Crippen LogP contribution in [0.2, 0.25) is 5.02 Å². The Balaban J connectivity index is 1.21. The summed E-state index contributed by atoms with van der Waals surface area (Å²) in [6.45, 7) is 3.39. The molecule has 0 atom stereocenters. The minimum Gasteiger partial charge on any atom is -0.492 e. The molecule has 3 aromatic carbocycles. The molecular formula is C31H32ClFN2O6S.